The Bertz CT molecular complexity index is 1180. The van der Waals surface area contributed by atoms with Gasteiger partial charge in [-0.25, -0.2) is 4.68 Å². The zero-order valence-corrected chi connectivity index (χ0v) is 20.8. The number of carboxylic acids is 1. The number of nitrogens with zero attached hydrogens (tertiary/aromatic N) is 2. The minimum Gasteiger partial charge on any atom is -0.481 e. The van der Waals surface area contributed by atoms with Gasteiger partial charge in [0.15, 0.2) is 5.69 Å². The maximum absolute atomic E-state index is 13.2. The number of aliphatic carboxylic acids is 1. The van der Waals surface area contributed by atoms with Crippen molar-refractivity contribution in [3.8, 4) is 11.6 Å². The molecule has 3 rings (SSSR count). The van der Waals surface area contributed by atoms with Gasteiger partial charge in [-0.2, -0.15) is 5.10 Å². The second-order valence-electron chi connectivity index (χ2n) is 9.72. The Kier molecular flexibility index (Phi) is 7.96. The molecular formula is C27H33N3O5. The highest BCUT2D eigenvalue weighted by molar-refractivity contribution is 5.93. The summed E-state index contributed by atoms with van der Waals surface area (Å²) >= 11 is 0. The highest BCUT2D eigenvalue weighted by Crippen LogP contribution is 2.26. The van der Waals surface area contributed by atoms with Gasteiger partial charge in [-0.15, -0.1) is 0 Å². The number of nitrogens with one attached hydrogen (secondary N) is 1. The molecule has 1 amide bonds. The number of para-hydroxylation sites is 1. The summed E-state index contributed by atoms with van der Waals surface area (Å²) in [6.45, 7) is 9.59. The molecule has 8 heteroatoms. The predicted octanol–water partition coefficient (Wildman–Crippen LogP) is 4.22. The monoisotopic (exact) mass is 479 g/mol. The van der Waals surface area contributed by atoms with Crippen LogP contribution in [0.25, 0.3) is 5.69 Å². The number of hydrogen-bond donors (Lipinski definition) is 3. The van der Waals surface area contributed by atoms with Gasteiger partial charge in [0.1, 0.15) is 6.61 Å². The summed E-state index contributed by atoms with van der Waals surface area (Å²) < 4.78 is 7.37. The molecule has 2 aromatic carbocycles. The van der Waals surface area contributed by atoms with Crippen molar-refractivity contribution < 1.29 is 24.5 Å². The van der Waals surface area contributed by atoms with Crippen molar-refractivity contribution in [2.75, 3.05) is 6.61 Å². The van der Waals surface area contributed by atoms with E-state index >= 15 is 0 Å². The van der Waals surface area contributed by atoms with Crippen LogP contribution >= 0.6 is 0 Å². The number of hydrogen-bond acceptors (Lipinski definition) is 5. The number of carboxylic acid groups (broad SMARTS) is 1. The topological polar surface area (TPSA) is 114 Å². The molecule has 0 bridgehead atoms. The minimum absolute atomic E-state index is 0.0210. The van der Waals surface area contributed by atoms with Crippen molar-refractivity contribution in [2.45, 2.75) is 53.2 Å². The van der Waals surface area contributed by atoms with Crippen LogP contribution in [-0.4, -0.2) is 44.6 Å². The molecule has 0 saturated carbocycles. The van der Waals surface area contributed by atoms with E-state index in [1.165, 1.54) is 10.7 Å². The Balaban J connectivity index is 1.92. The summed E-state index contributed by atoms with van der Waals surface area (Å²) in [6, 6.07) is 15.6. The van der Waals surface area contributed by atoms with Crippen LogP contribution in [0, 0.1) is 19.3 Å². The normalized spacial score (nSPS) is 13.2. The van der Waals surface area contributed by atoms with Gasteiger partial charge in [-0.3, -0.25) is 9.59 Å². The molecule has 0 aliphatic rings. The zero-order chi connectivity index (χ0) is 25.8. The molecule has 3 N–H and O–H groups in total. The Morgan fingerprint density at radius 1 is 1.09 bits per heavy atom. The van der Waals surface area contributed by atoms with Crippen LogP contribution in [0.2, 0.25) is 0 Å². The van der Waals surface area contributed by atoms with Gasteiger partial charge in [-0.05, 0) is 48.1 Å². The van der Waals surface area contributed by atoms with Gasteiger partial charge in [0.25, 0.3) is 5.91 Å². The van der Waals surface area contributed by atoms with E-state index in [2.05, 4.69) is 10.4 Å². The molecule has 186 valence electrons. The molecule has 8 nitrogen and oxygen atoms in total. The van der Waals surface area contributed by atoms with Crippen LogP contribution in [0.5, 0.6) is 5.88 Å². The number of rotatable bonds is 9. The fourth-order valence-electron chi connectivity index (χ4n) is 3.54. The average Bonchev–Trinajstić information content (AvgIpc) is 3.23. The molecule has 35 heavy (non-hydrogen) atoms. The lowest BCUT2D eigenvalue weighted by atomic mass is 9.90. The molecule has 0 saturated heterocycles. The molecule has 0 fully saturated rings. The Morgan fingerprint density at radius 3 is 2.40 bits per heavy atom. The number of aryl methyl sites for hydroxylation is 1. The van der Waals surface area contributed by atoms with E-state index in [0.29, 0.717) is 11.6 Å². The van der Waals surface area contributed by atoms with Gasteiger partial charge < -0.3 is 20.3 Å². The third-order valence-corrected chi connectivity index (χ3v) is 6.00. The van der Waals surface area contributed by atoms with E-state index in [1.807, 2.05) is 83.1 Å². The smallest absolute Gasteiger partial charge is 0.305 e. The van der Waals surface area contributed by atoms with E-state index in [1.54, 1.807) is 0 Å². The summed E-state index contributed by atoms with van der Waals surface area (Å²) in [4.78, 5) is 24.8. The van der Waals surface area contributed by atoms with Crippen LogP contribution in [-0.2, 0) is 4.79 Å². The number of aliphatic hydroxyl groups excluding tert-OH is 1. The van der Waals surface area contributed by atoms with E-state index < -0.39 is 24.0 Å². The van der Waals surface area contributed by atoms with Gasteiger partial charge in [0, 0.05) is 6.07 Å². The Labute approximate surface area is 205 Å². The van der Waals surface area contributed by atoms with Crippen molar-refractivity contribution in [3.63, 3.8) is 0 Å². The molecule has 1 aromatic heterocycles. The quantitative estimate of drug-likeness (QED) is 0.423. The number of carbonyl (C=O) groups is 2. The SMILES string of the molecule is Cc1cccc([C@H](CC(=O)O)NC(=O)c2cc(OC[C@@H](O)C(C)(C)C)n(-c3ccccc3)n2)c1C. The highest BCUT2D eigenvalue weighted by Gasteiger charge is 2.26. The van der Waals surface area contributed by atoms with E-state index in [0.717, 1.165) is 16.7 Å². The third-order valence-electron chi connectivity index (χ3n) is 6.00. The molecule has 0 radical (unpaired) electrons. The van der Waals surface area contributed by atoms with Crippen LogP contribution < -0.4 is 10.1 Å². The van der Waals surface area contributed by atoms with E-state index in [4.69, 9.17) is 4.74 Å². The van der Waals surface area contributed by atoms with Crippen LogP contribution in [0.4, 0.5) is 0 Å². The predicted molar refractivity (Wildman–Crippen MR) is 133 cm³/mol. The first-order valence-corrected chi connectivity index (χ1v) is 11.5. The lowest BCUT2D eigenvalue weighted by Crippen LogP contribution is -2.32. The largest absolute Gasteiger partial charge is 0.481 e. The first kappa shape index (κ1) is 26.0. The number of aromatic nitrogens is 2. The van der Waals surface area contributed by atoms with Crippen LogP contribution in [0.15, 0.2) is 54.6 Å². The number of amides is 1. The second-order valence-corrected chi connectivity index (χ2v) is 9.72. The lowest BCUT2D eigenvalue weighted by molar-refractivity contribution is -0.137. The second kappa shape index (κ2) is 10.7. The molecule has 0 spiro atoms. The fraction of sp³-hybridized carbons (Fsp3) is 0.370. The standard InChI is InChI=1S/C27H33N3O5/c1-17-10-9-13-20(18(17)2)21(15-25(32)33)28-26(34)22-14-24(35-16-23(31)27(3,4)5)30(29-22)19-11-7-6-8-12-19/h6-14,21,23,31H,15-16H2,1-5H3,(H,28,34)(H,32,33)/t21-,23+/m0/s1. The summed E-state index contributed by atoms with van der Waals surface area (Å²) in [7, 11) is 0. The van der Waals surface area contributed by atoms with Crippen molar-refractivity contribution >= 4 is 11.9 Å². The first-order chi connectivity index (χ1) is 16.5. The molecule has 2 atom stereocenters. The summed E-state index contributed by atoms with van der Waals surface area (Å²) in [5.41, 5.74) is 3.06. The van der Waals surface area contributed by atoms with Crippen molar-refractivity contribution in [3.05, 3.63) is 77.0 Å². The van der Waals surface area contributed by atoms with Gasteiger partial charge in [0.05, 0.1) is 24.3 Å². The molecule has 1 heterocycles. The van der Waals surface area contributed by atoms with Crippen molar-refractivity contribution in [2.24, 2.45) is 5.41 Å². The Morgan fingerprint density at radius 2 is 1.77 bits per heavy atom. The Hall–Kier alpha value is -3.65. The summed E-state index contributed by atoms with van der Waals surface area (Å²) in [5, 5.41) is 27.1. The number of benzene rings is 2. The summed E-state index contributed by atoms with van der Waals surface area (Å²) in [6.07, 6.45) is -1.00. The third kappa shape index (κ3) is 6.48. The highest BCUT2D eigenvalue weighted by atomic mass is 16.5. The minimum atomic E-state index is -1.02. The van der Waals surface area contributed by atoms with Crippen molar-refractivity contribution in [1.29, 1.82) is 0 Å². The average molecular weight is 480 g/mol. The summed E-state index contributed by atoms with van der Waals surface area (Å²) in [5.74, 6) is -1.24. The number of aliphatic hydroxyl groups is 1. The number of ether oxygens (including phenoxy) is 1. The first-order valence-electron chi connectivity index (χ1n) is 11.5. The van der Waals surface area contributed by atoms with Crippen molar-refractivity contribution in [1.82, 2.24) is 15.1 Å². The maximum atomic E-state index is 13.2. The molecule has 0 unspecified atom stereocenters. The fourth-order valence-corrected chi connectivity index (χ4v) is 3.54. The molecule has 0 aliphatic carbocycles. The molecule has 3 aromatic rings. The van der Waals surface area contributed by atoms with Gasteiger partial charge >= 0.3 is 5.97 Å². The van der Waals surface area contributed by atoms with Crippen LogP contribution in [0.1, 0.15) is 60.4 Å². The number of carbonyl (C=O) groups excluding carboxylic acids is 1. The molecule has 0 aliphatic heterocycles. The van der Waals surface area contributed by atoms with E-state index in [-0.39, 0.29) is 24.1 Å². The molecular weight excluding hydrogens is 446 g/mol. The maximum Gasteiger partial charge on any atom is 0.305 e. The zero-order valence-electron chi connectivity index (χ0n) is 20.8. The van der Waals surface area contributed by atoms with Gasteiger partial charge in [0.2, 0.25) is 5.88 Å². The van der Waals surface area contributed by atoms with Crippen LogP contribution in [0.3, 0.4) is 0 Å². The van der Waals surface area contributed by atoms with Gasteiger partial charge in [-0.1, -0.05) is 57.2 Å². The lowest BCUT2D eigenvalue weighted by Gasteiger charge is -2.25. The van der Waals surface area contributed by atoms with E-state index in [9.17, 15) is 19.8 Å².